The van der Waals surface area contributed by atoms with Crippen LogP contribution in [0.4, 0.5) is 0 Å². The highest BCUT2D eigenvalue weighted by Gasteiger charge is 2.15. The number of hydrogen-bond donors (Lipinski definition) is 0. The molecule has 0 spiro atoms. The maximum absolute atomic E-state index is 12.5. The van der Waals surface area contributed by atoms with Gasteiger partial charge >= 0.3 is 0 Å². The smallest absolute Gasteiger partial charge is 0.258 e. The Balaban J connectivity index is 1.51. The first-order valence-electron chi connectivity index (χ1n) is 9.44. The van der Waals surface area contributed by atoms with Crippen LogP contribution < -0.4 is 5.56 Å². The Morgan fingerprint density at radius 3 is 2.67 bits per heavy atom. The van der Waals surface area contributed by atoms with Gasteiger partial charge < -0.3 is 0 Å². The standard InChI is InChI=1S/C22H15N5OS2/c1-13-11-29-21-23-14(10-19(28)26(13)21)12-30-22-25-16-7-3-2-6-15(16)20-24-17-8-4-5-9-18(17)27(20)22/h2-11H,12H2,1H3. The predicted molar refractivity (Wildman–Crippen MR) is 122 cm³/mol. The Labute approximate surface area is 178 Å². The van der Waals surface area contributed by atoms with Crippen molar-refractivity contribution >= 4 is 55.6 Å². The van der Waals surface area contributed by atoms with Crippen LogP contribution in [0, 0.1) is 6.92 Å². The number of thiazole rings is 1. The van der Waals surface area contributed by atoms with E-state index in [1.165, 1.54) is 11.3 Å². The summed E-state index contributed by atoms with van der Waals surface area (Å²) < 4.78 is 3.75. The van der Waals surface area contributed by atoms with E-state index < -0.39 is 0 Å². The van der Waals surface area contributed by atoms with E-state index >= 15 is 0 Å². The van der Waals surface area contributed by atoms with Crippen LogP contribution in [0.1, 0.15) is 11.4 Å². The zero-order chi connectivity index (χ0) is 20.2. The fourth-order valence-corrected chi connectivity index (χ4v) is 5.52. The van der Waals surface area contributed by atoms with Crippen LogP contribution >= 0.6 is 23.1 Å². The maximum atomic E-state index is 12.5. The molecule has 0 aliphatic carbocycles. The number of fused-ring (bicyclic) bond motifs is 6. The van der Waals surface area contributed by atoms with E-state index in [9.17, 15) is 4.79 Å². The summed E-state index contributed by atoms with van der Waals surface area (Å²) in [5.41, 5.74) is 5.37. The first-order valence-corrected chi connectivity index (χ1v) is 11.3. The van der Waals surface area contributed by atoms with E-state index in [-0.39, 0.29) is 5.56 Å². The largest absolute Gasteiger partial charge is 0.271 e. The van der Waals surface area contributed by atoms with Gasteiger partial charge in [-0.3, -0.25) is 13.6 Å². The Kier molecular flexibility index (Phi) is 3.90. The highest BCUT2D eigenvalue weighted by molar-refractivity contribution is 7.98. The van der Waals surface area contributed by atoms with Gasteiger partial charge in [-0.2, -0.15) is 0 Å². The number of para-hydroxylation sites is 3. The molecule has 0 bridgehead atoms. The van der Waals surface area contributed by atoms with E-state index in [1.807, 2.05) is 54.8 Å². The van der Waals surface area contributed by atoms with Crippen molar-refractivity contribution in [3.63, 3.8) is 0 Å². The Morgan fingerprint density at radius 2 is 1.77 bits per heavy atom. The second-order valence-corrected chi connectivity index (χ2v) is 8.82. The van der Waals surface area contributed by atoms with Gasteiger partial charge in [0.15, 0.2) is 10.1 Å². The molecule has 0 atom stereocenters. The molecule has 0 radical (unpaired) electrons. The molecule has 4 aromatic heterocycles. The number of hydrogen-bond acceptors (Lipinski definition) is 6. The van der Waals surface area contributed by atoms with Crippen molar-refractivity contribution in [2.75, 3.05) is 0 Å². The van der Waals surface area contributed by atoms with Crippen LogP contribution in [0.25, 0.3) is 32.5 Å². The molecular weight excluding hydrogens is 414 g/mol. The molecule has 6 aromatic rings. The molecule has 0 aliphatic heterocycles. The van der Waals surface area contributed by atoms with Crippen molar-refractivity contribution in [2.45, 2.75) is 17.8 Å². The zero-order valence-corrected chi connectivity index (χ0v) is 17.6. The van der Waals surface area contributed by atoms with Crippen LogP contribution in [0.15, 0.2) is 69.9 Å². The number of aromatic nitrogens is 5. The van der Waals surface area contributed by atoms with Gasteiger partial charge in [0, 0.05) is 28.3 Å². The fourth-order valence-electron chi connectivity index (χ4n) is 3.72. The molecule has 6 nitrogen and oxygen atoms in total. The third kappa shape index (κ3) is 2.64. The topological polar surface area (TPSA) is 64.6 Å². The van der Waals surface area contributed by atoms with Crippen molar-refractivity contribution < 1.29 is 0 Å². The minimum Gasteiger partial charge on any atom is -0.271 e. The quantitative estimate of drug-likeness (QED) is 0.301. The van der Waals surface area contributed by atoms with Crippen LogP contribution in [0.2, 0.25) is 0 Å². The number of nitrogens with zero attached hydrogens (tertiary/aromatic N) is 5. The summed E-state index contributed by atoms with van der Waals surface area (Å²) in [5.74, 6) is 0.551. The second-order valence-electron chi connectivity index (χ2n) is 7.04. The lowest BCUT2D eigenvalue weighted by atomic mass is 10.2. The van der Waals surface area contributed by atoms with Gasteiger partial charge in [-0.25, -0.2) is 15.0 Å². The van der Waals surface area contributed by atoms with E-state index in [0.717, 1.165) is 49.1 Å². The number of benzene rings is 2. The van der Waals surface area contributed by atoms with Crippen molar-refractivity contribution in [1.82, 2.24) is 23.8 Å². The van der Waals surface area contributed by atoms with Crippen molar-refractivity contribution in [1.29, 1.82) is 0 Å². The van der Waals surface area contributed by atoms with Gasteiger partial charge in [0.25, 0.3) is 5.56 Å². The van der Waals surface area contributed by atoms with Gasteiger partial charge in [0.1, 0.15) is 5.65 Å². The highest BCUT2D eigenvalue weighted by Crippen LogP contribution is 2.30. The average molecular weight is 430 g/mol. The van der Waals surface area contributed by atoms with Crippen LogP contribution in [-0.2, 0) is 5.75 Å². The highest BCUT2D eigenvalue weighted by atomic mass is 32.2. The lowest BCUT2D eigenvalue weighted by molar-refractivity contribution is 0.948. The number of rotatable bonds is 3. The molecule has 0 N–H and O–H groups in total. The van der Waals surface area contributed by atoms with Gasteiger partial charge in [-0.1, -0.05) is 36.0 Å². The van der Waals surface area contributed by atoms with Crippen LogP contribution in [0.5, 0.6) is 0 Å². The van der Waals surface area contributed by atoms with Gasteiger partial charge in [0.05, 0.1) is 22.2 Å². The summed E-state index contributed by atoms with van der Waals surface area (Å²) in [5, 5.41) is 3.80. The summed E-state index contributed by atoms with van der Waals surface area (Å²) in [4.78, 5) is 27.7. The third-order valence-corrected chi connectivity index (χ3v) is 7.01. The molecule has 0 saturated carbocycles. The van der Waals surface area contributed by atoms with E-state index in [2.05, 4.69) is 15.5 Å². The van der Waals surface area contributed by atoms with Gasteiger partial charge in [-0.15, -0.1) is 11.3 Å². The van der Waals surface area contributed by atoms with Crippen LogP contribution in [0.3, 0.4) is 0 Å². The van der Waals surface area contributed by atoms with Crippen molar-refractivity contribution in [3.8, 4) is 0 Å². The van der Waals surface area contributed by atoms with Crippen molar-refractivity contribution in [2.24, 2.45) is 0 Å². The molecule has 0 amide bonds. The SMILES string of the molecule is Cc1csc2nc(CSc3nc4ccccc4c4nc5ccccc5n34)cc(=O)n12. The molecule has 0 fully saturated rings. The third-order valence-electron chi connectivity index (χ3n) is 5.09. The normalized spacial score (nSPS) is 11.9. The summed E-state index contributed by atoms with van der Waals surface area (Å²) in [6, 6.07) is 17.7. The molecule has 0 unspecified atom stereocenters. The van der Waals surface area contributed by atoms with Crippen molar-refractivity contribution in [3.05, 3.63) is 81.7 Å². The molecular formula is C22H15N5OS2. The lowest BCUT2D eigenvalue weighted by Gasteiger charge is -2.08. The second kappa shape index (κ2) is 6.65. The van der Waals surface area contributed by atoms with E-state index in [0.29, 0.717) is 5.75 Å². The summed E-state index contributed by atoms with van der Waals surface area (Å²) in [7, 11) is 0. The van der Waals surface area contributed by atoms with E-state index in [1.54, 1.807) is 22.2 Å². The molecule has 0 aliphatic rings. The molecule has 6 rings (SSSR count). The Morgan fingerprint density at radius 1 is 0.967 bits per heavy atom. The molecule has 4 heterocycles. The lowest BCUT2D eigenvalue weighted by Crippen LogP contribution is -2.14. The number of thioether (sulfide) groups is 1. The van der Waals surface area contributed by atoms with Crippen LogP contribution in [-0.4, -0.2) is 23.8 Å². The fraction of sp³-hybridized carbons (Fsp3) is 0.0909. The Bertz CT molecular complexity index is 1650. The molecule has 2 aromatic carbocycles. The first kappa shape index (κ1) is 17.6. The monoisotopic (exact) mass is 429 g/mol. The molecule has 146 valence electrons. The zero-order valence-electron chi connectivity index (χ0n) is 15.9. The first-order chi connectivity index (χ1) is 14.7. The Hall–Kier alpha value is -3.23. The number of aryl methyl sites for hydroxylation is 1. The molecule has 8 heteroatoms. The minimum atomic E-state index is -0.0425. The summed E-state index contributed by atoms with van der Waals surface area (Å²) in [6.07, 6.45) is 0. The average Bonchev–Trinajstić information content (AvgIpc) is 3.33. The predicted octanol–water partition coefficient (Wildman–Crippen LogP) is 4.71. The number of imidazole rings is 1. The molecule has 30 heavy (non-hydrogen) atoms. The maximum Gasteiger partial charge on any atom is 0.258 e. The summed E-state index contributed by atoms with van der Waals surface area (Å²) in [6.45, 7) is 1.92. The van der Waals surface area contributed by atoms with Gasteiger partial charge in [0.2, 0.25) is 0 Å². The summed E-state index contributed by atoms with van der Waals surface area (Å²) >= 11 is 3.05. The minimum absolute atomic E-state index is 0.0425. The van der Waals surface area contributed by atoms with Gasteiger partial charge in [-0.05, 0) is 31.2 Å². The van der Waals surface area contributed by atoms with E-state index in [4.69, 9.17) is 9.97 Å². The molecule has 0 saturated heterocycles.